The second kappa shape index (κ2) is 30.0. The highest BCUT2D eigenvalue weighted by atomic mass is 32.3. The van der Waals surface area contributed by atoms with E-state index in [0.717, 1.165) is 17.9 Å². The monoisotopic (exact) mass is 1740 g/mol. The van der Waals surface area contributed by atoms with Crippen molar-refractivity contribution in [1.82, 2.24) is 0 Å². The Kier molecular flexibility index (Phi) is 20.6. The Morgan fingerprint density at radius 1 is 0.178 bits per heavy atom. The molecular formula is C77H44S24. The van der Waals surface area contributed by atoms with Crippen LogP contribution in [-0.4, -0.2) is 24.0 Å². The Bertz CT molecular complexity index is 4600. The lowest BCUT2D eigenvalue weighted by Gasteiger charge is -2.13. The number of allylic oxidation sites excluding steroid dienone is 10. The van der Waals surface area contributed by atoms with Gasteiger partial charge in [-0.05, 0) is 127 Å². The molecule has 0 saturated heterocycles. The van der Waals surface area contributed by atoms with Crippen molar-refractivity contribution < 1.29 is 0 Å². The lowest BCUT2D eigenvalue weighted by atomic mass is 10.1. The number of rotatable bonds is 8. The largest absolute Gasteiger partial charge is 0.121 e. The molecule has 0 aromatic heterocycles. The van der Waals surface area contributed by atoms with Crippen molar-refractivity contribution in [3.05, 3.63) is 309 Å². The maximum Gasteiger partial charge on any atom is 0.0660 e. The highest BCUT2D eigenvalue weighted by molar-refractivity contribution is 8.41. The zero-order chi connectivity index (χ0) is 66.8. The summed E-state index contributed by atoms with van der Waals surface area (Å²) in [4.78, 5) is 21.5. The summed E-state index contributed by atoms with van der Waals surface area (Å²) in [5.74, 6) is 2.09. The molecule has 0 atom stereocenters. The van der Waals surface area contributed by atoms with Crippen LogP contribution in [0.5, 0.6) is 0 Å². The summed E-state index contributed by atoms with van der Waals surface area (Å²) in [5.41, 5.74) is 14.0. The Hall–Kier alpha value is -0.960. The van der Waals surface area contributed by atoms with E-state index in [2.05, 4.69) is 230 Å². The van der Waals surface area contributed by atoms with E-state index in [1.54, 1.807) is 0 Å². The van der Waals surface area contributed by atoms with Crippen LogP contribution in [0, 0.1) is 0 Å². The van der Waals surface area contributed by atoms with Gasteiger partial charge in [0.25, 0.3) is 0 Å². The third-order valence-corrected chi connectivity index (χ3v) is 48.2. The molecule has 0 bridgehead atoms. The zero-order valence-electron chi connectivity index (χ0n) is 52.4. The van der Waals surface area contributed by atoms with Crippen LogP contribution in [0.1, 0.15) is 6.42 Å². The molecule has 10 aliphatic heterocycles. The van der Waals surface area contributed by atoms with E-state index >= 15 is 0 Å². The Labute approximate surface area is 690 Å². The number of hydrogen-bond acceptors (Lipinski definition) is 24. The van der Waals surface area contributed by atoms with Crippen molar-refractivity contribution in [2.24, 2.45) is 0 Å². The van der Waals surface area contributed by atoms with Gasteiger partial charge in [-0.1, -0.05) is 332 Å². The van der Waals surface area contributed by atoms with Crippen molar-refractivity contribution in [2.45, 2.75) is 84.7 Å². The first-order valence-corrected chi connectivity index (χ1v) is 52.2. The molecule has 20 rings (SSSR count). The normalized spacial score (nSPS) is 19.6. The Morgan fingerprint density at radius 2 is 0.307 bits per heavy atom. The first-order valence-electron chi connectivity index (χ1n) is 31.5. The number of benzene rings is 8. The van der Waals surface area contributed by atoms with Gasteiger partial charge >= 0.3 is 0 Å². The maximum absolute atomic E-state index is 2.32. The second-order valence-corrected chi connectivity index (χ2v) is 51.2. The van der Waals surface area contributed by atoms with Crippen LogP contribution in [0.2, 0.25) is 0 Å². The number of fused-ring (bicyclic) bond motifs is 8. The molecule has 2 saturated carbocycles. The van der Waals surface area contributed by atoms with E-state index in [9.17, 15) is 0 Å². The van der Waals surface area contributed by atoms with Gasteiger partial charge in [0.15, 0.2) is 0 Å². The summed E-state index contributed by atoms with van der Waals surface area (Å²) in [5, 5.41) is 0. The fourth-order valence-electron chi connectivity index (χ4n) is 12.4. The Balaban J connectivity index is 0.653. The first kappa shape index (κ1) is 69.2. The van der Waals surface area contributed by atoms with E-state index in [0.29, 0.717) is 0 Å². The van der Waals surface area contributed by atoms with Gasteiger partial charge in [-0.2, -0.15) is 0 Å². The molecule has 0 spiro atoms. The van der Waals surface area contributed by atoms with Crippen LogP contribution < -0.4 is 0 Å². The van der Waals surface area contributed by atoms with E-state index in [-0.39, 0.29) is 0 Å². The molecule has 0 radical (unpaired) electrons. The summed E-state index contributed by atoms with van der Waals surface area (Å²) in [6.07, 6.45) is 5.70. The summed E-state index contributed by atoms with van der Waals surface area (Å²) < 4.78 is 19.6. The standard InChI is InChI=1S/C77H44S24/c1-78-74-76(100-72(98-74)62-58(68-90-46-28-11-12-29-47(46)91-68)54(64-82-38-20-3-4-21-39(38)83-64)55(65-84-40-22-5-6-23-41(40)85-65)59(62)69-92-48-30-13-14-31-49(48)93-69)80-36-19-37-81-77-75(79-2)99-73(101-77)63-60(70-94-50-32-15-16-33-51(50)95-70)56(66-86-42-24-7-8-25-43(42)87-66)57(67-88-44-26-9-10-27-45(44)89-67)61(63)71-96-52-34-17-18-35-53(52)97-71/h3-18,20-35H,19,36-37H2,1-2H3. The number of hydrogen-bond donors (Lipinski definition) is 0. The molecule has 0 nitrogen and oxygen atoms in total. The van der Waals surface area contributed by atoms with E-state index in [4.69, 9.17) is 0 Å². The summed E-state index contributed by atoms with van der Waals surface area (Å²) in [7, 11) is 0. The Morgan fingerprint density at radius 3 is 0.446 bits per heavy atom. The van der Waals surface area contributed by atoms with Gasteiger partial charge in [0.05, 0.1) is 59.3 Å². The molecule has 496 valence electrons. The topological polar surface area (TPSA) is 0 Å². The predicted molar refractivity (Wildman–Crippen MR) is 476 cm³/mol. The molecular weight excluding hydrogens is 1690 g/mol. The highest BCUT2D eigenvalue weighted by Crippen LogP contribution is 2.75. The van der Waals surface area contributed by atoms with Gasteiger partial charge in [-0.15, -0.1) is 47.0 Å². The SMILES string of the molecule is CSC1=C(SCCCSC2=C(SC)SC(=C3C(=C4Sc5ccccc5S4)C(=C4Sc5ccccc5S4)C(=C4Sc5ccccc5S4)C3=C3Sc4ccccc4S3)S2)SC(=C2C(=C3Sc4ccccc4S3)C(=C3Sc4ccccc4S3)C(=C3Sc4ccccc4S3)C2=C2Sc3ccccc3S2)S1. The maximum atomic E-state index is 2.32. The van der Waals surface area contributed by atoms with Gasteiger partial charge < -0.3 is 0 Å². The van der Waals surface area contributed by atoms with Gasteiger partial charge in [-0.25, -0.2) is 0 Å². The van der Waals surface area contributed by atoms with Crippen LogP contribution in [0.4, 0.5) is 0 Å². The fourth-order valence-corrected chi connectivity index (χ4v) is 44.4. The summed E-state index contributed by atoms with van der Waals surface area (Å²) >= 11 is 47.8. The average Bonchev–Trinajstić information content (AvgIpc) is 1.56. The quantitative estimate of drug-likeness (QED) is 0.132. The van der Waals surface area contributed by atoms with Crippen LogP contribution in [0.25, 0.3) is 0 Å². The second-order valence-electron chi connectivity index (χ2n) is 22.8. The molecule has 24 heteroatoms. The fraction of sp³-hybridized carbons (Fsp3) is 0.0649. The summed E-state index contributed by atoms with van der Waals surface area (Å²) in [6.45, 7) is 0. The third kappa shape index (κ3) is 13.1. The van der Waals surface area contributed by atoms with Crippen molar-refractivity contribution in [3.8, 4) is 0 Å². The molecule has 2 aliphatic carbocycles. The first-order chi connectivity index (χ1) is 49.9. The van der Waals surface area contributed by atoms with E-state index in [1.807, 2.05) is 259 Å². The molecule has 0 amide bonds. The summed E-state index contributed by atoms with van der Waals surface area (Å²) in [6, 6.07) is 72.5. The molecule has 2 fully saturated rings. The molecule has 101 heavy (non-hydrogen) atoms. The minimum atomic E-state index is 1.04. The minimum Gasteiger partial charge on any atom is -0.121 e. The van der Waals surface area contributed by atoms with Crippen LogP contribution in [-0.2, 0) is 0 Å². The predicted octanol–water partition coefficient (Wildman–Crippen LogP) is 32.1. The van der Waals surface area contributed by atoms with Gasteiger partial charge in [-0.3, -0.25) is 0 Å². The molecule has 10 heterocycles. The molecule has 8 aromatic carbocycles. The van der Waals surface area contributed by atoms with E-state index in [1.165, 1.54) is 193 Å². The zero-order valence-corrected chi connectivity index (χ0v) is 72.0. The van der Waals surface area contributed by atoms with Gasteiger partial charge in [0, 0.05) is 134 Å². The molecule has 8 aromatic rings. The molecule has 0 unspecified atom stereocenters. The molecule has 0 N–H and O–H groups in total. The van der Waals surface area contributed by atoms with Crippen LogP contribution in [0.3, 0.4) is 0 Å². The lowest BCUT2D eigenvalue weighted by Crippen LogP contribution is -1.91. The molecule has 12 aliphatic rings. The average molecular weight is 1740 g/mol. The van der Waals surface area contributed by atoms with Crippen molar-refractivity contribution in [1.29, 1.82) is 0 Å². The lowest BCUT2D eigenvalue weighted by molar-refractivity contribution is 1.13. The van der Waals surface area contributed by atoms with E-state index < -0.39 is 0 Å². The number of thioether (sulfide) groups is 24. The van der Waals surface area contributed by atoms with Crippen molar-refractivity contribution >= 4 is 282 Å². The smallest absolute Gasteiger partial charge is 0.0660 e. The van der Waals surface area contributed by atoms with Crippen LogP contribution >= 0.6 is 282 Å². The minimum absolute atomic E-state index is 1.04. The van der Waals surface area contributed by atoms with Crippen LogP contribution in [0.15, 0.2) is 388 Å². The van der Waals surface area contributed by atoms with Gasteiger partial charge in [0.1, 0.15) is 0 Å². The third-order valence-electron chi connectivity index (χ3n) is 16.8. The highest BCUT2D eigenvalue weighted by Gasteiger charge is 2.49. The van der Waals surface area contributed by atoms with Crippen molar-refractivity contribution in [2.75, 3.05) is 24.0 Å². The van der Waals surface area contributed by atoms with Crippen molar-refractivity contribution in [3.63, 3.8) is 0 Å². The van der Waals surface area contributed by atoms with Gasteiger partial charge in [0.2, 0.25) is 0 Å².